The minimum absolute atomic E-state index is 0.651. The van der Waals surface area contributed by atoms with E-state index in [9.17, 15) is 0 Å². The molecule has 0 aromatic carbocycles. The van der Waals surface area contributed by atoms with E-state index in [1.165, 1.54) is 25.1 Å². The second-order valence-electron chi connectivity index (χ2n) is 6.66. The summed E-state index contributed by atoms with van der Waals surface area (Å²) in [7, 11) is 0. The number of nitrogens with one attached hydrogen (secondary N) is 2. The predicted molar refractivity (Wildman–Crippen MR) is 97.2 cm³/mol. The van der Waals surface area contributed by atoms with E-state index < -0.39 is 0 Å². The number of hydrogen-bond donors (Lipinski definition) is 2. The van der Waals surface area contributed by atoms with Crippen molar-refractivity contribution in [3.8, 4) is 0 Å². The van der Waals surface area contributed by atoms with Crippen LogP contribution in [0.5, 0.6) is 0 Å². The lowest BCUT2D eigenvalue weighted by Crippen LogP contribution is -2.40. The molecule has 0 spiro atoms. The Bertz CT molecular complexity index is 481. The highest BCUT2D eigenvalue weighted by Crippen LogP contribution is 2.20. The summed E-state index contributed by atoms with van der Waals surface area (Å²) in [6.45, 7) is 11.3. The Morgan fingerprint density at radius 3 is 2.77 bits per heavy atom. The van der Waals surface area contributed by atoms with Crippen LogP contribution in [0.3, 0.4) is 0 Å². The van der Waals surface area contributed by atoms with Gasteiger partial charge in [0.25, 0.3) is 0 Å². The SMILES string of the molecule is Cc1ccnc(NC(=S)NCCCN2C[C@H](C)C[C@H](C)C2)c1. The number of rotatable bonds is 5. The lowest BCUT2D eigenvalue weighted by Gasteiger charge is -2.34. The molecule has 1 aromatic rings. The number of nitrogens with zero attached hydrogens (tertiary/aromatic N) is 2. The predicted octanol–water partition coefficient (Wildman–Crippen LogP) is 3.04. The highest BCUT2D eigenvalue weighted by molar-refractivity contribution is 7.80. The van der Waals surface area contributed by atoms with Gasteiger partial charge in [0.05, 0.1) is 0 Å². The normalized spacial score (nSPS) is 22.3. The molecule has 2 atom stereocenters. The van der Waals surface area contributed by atoms with Gasteiger partial charge in [-0.25, -0.2) is 4.98 Å². The summed E-state index contributed by atoms with van der Waals surface area (Å²) >= 11 is 5.31. The average Bonchev–Trinajstić information content (AvgIpc) is 2.42. The first-order valence-electron chi connectivity index (χ1n) is 8.23. The van der Waals surface area contributed by atoms with Crippen LogP contribution in [0.1, 0.15) is 32.3 Å². The summed E-state index contributed by atoms with van der Waals surface area (Å²) in [6, 6.07) is 3.97. The zero-order valence-electron chi connectivity index (χ0n) is 13.9. The van der Waals surface area contributed by atoms with Gasteiger partial charge in [0.2, 0.25) is 0 Å². The Morgan fingerprint density at radius 1 is 1.36 bits per heavy atom. The molecule has 1 fully saturated rings. The summed E-state index contributed by atoms with van der Waals surface area (Å²) in [5.74, 6) is 2.45. The summed E-state index contributed by atoms with van der Waals surface area (Å²) in [5.41, 5.74) is 1.17. The van der Waals surface area contributed by atoms with Crippen LogP contribution < -0.4 is 10.6 Å². The van der Waals surface area contributed by atoms with E-state index in [1.807, 2.05) is 19.1 Å². The van der Waals surface area contributed by atoms with Crippen molar-refractivity contribution in [3.63, 3.8) is 0 Å². The summed E-state index contributed by atoms with van der Waals surface area (Å²) in [4.78, 5) is 6.83. The van der Waals surface area contributed by atoms with Gasteiger partial charge in [0, 0.05) is 25.8 Å². The van der Waals surface area contributed by atoms with Gasteiger partial charge in [-0.2, -0.15) is 0 Å². The molecule has 0 amide bonds. The molecule has 5 heteroatoms. The first-order chi connectivity index (χ1) is 10.5. The molecule has 0 bridgehead atoms. The molecule has 1 aliphatic rings. The van der Waals surface area contributed by atoms with Gasteiger partial charge in [-0.1, -0.05) is 13.8 Å². The first kappa shape index (κ1) is 17.2. The molecule has 22 heavy (non-hydrogen) atoms. The van der Waals surface area contributed by atoms with Crippen LogP contribution in [0, 0.1) is 18.8 Å². The third-order valence-corrected chi connectivity index (χ3v) is 4.28. The Labute approximate surface area is 139 Å². The number of aryl methyl sites for hydroxylation is 1. The maximum atomic E-state index is 5.31. The van der Waals surface area contributed by atoms with Crippen molar-refractivity contribution >= 4 is 23.1 Å². The van der Waals surface area contributed by atoms with E-state index in [0.717, 1.165) is 37.2 Å². The molecule has 122 valence electrons. The van der Waals surface area contributed by atoms with Crippen molar-refractivity contribution in [2.75, 3.05) is 31.5 Å². The zero-order valence-corrected chi connectivity index (χ0v) is 14.7. The molecule has 2 rings (SSSR count). The minimum Gasteiger partial charge on any atom is -0.362 e. The van der Waals surface area contributed by atoms with Gasteiger partial charge >= 0.3 is 0 Å². The monoisotopic (exact) mass is 320 g/mol. The molecule has 2 heterocycles. The molecule has 1 aromatic heterocycles. The molecular weight excluding hydrogens is 292 g/mol. The topological polar surface area (TPSA) is 40.2 Å². The lowest BCUT2D eigenvalue weighted by molar-refractivity contribution is 0.140. The van der Waals surface area contributed by atoms with Gasteiger partial charge in [0.15, 0.2) is 5.11 Å². The quantitative estimate of drug-likeness (QED) is 0.644. The average molecular weight is 321 g/mol. The van der Waals surface area contributed by atoms with Crippen LogP contribution in [0.25, 0.3) is 0 Å². The van der Waals surface area contributed by atoms with Crippen LogP contribution in [-0.2, 0) is 0 Å². The zero-order chi connectivity index (χ0) is 15.9. The van der Waals surface area contributed by atoms with Gasteiger partial charge in [-0.05, 0) is 68.1 Å². The second-order valence-corrected chi connectivity index (χ2v) is 7.07. The number of anilines is 1. The van der Waals surface area contributed by atoms with Crippen molar-refractivity contribution in [1.29, 1.82) is 0 Å². The standard InChI is InChI=1S/C17H28N4S/c1-13-5-7-18-16(10-13)20-17(22)19-6-4-8-21-11-14(2)9-15(3)12-21/h5,7,10,14-15H,4,6,8-9,11-12H2,1-3H3,(H2,18,19,20,22)/t14-,15+. The summed E-state index contributed by atoms with van der Waals surface area (Å²) in [5, 5.41) is 7.05. The number of pyridine rings is 1. The van der Waals surface area contributed by atoms with Crippen LogP contribution in [-0.4, -0.2) is 41.2 Å². The van der Waals surface area contributed by atoms with Gasteiger partial charge in [-0.15, -0.1) is 0 Å². The van der Waals surface area contributed by atoms with Crippen molar-refractivity contribution < 1.29 is 0 Å². The van der Waals surface area contributed by atoms with Crippen LogP contribution in [0.15, 0.2) is 18.3 Å². The van der Waals surface area contributed by atoms with E-state index in [-0.39, 0.29) is 0 Å². The Morgan fingerprint density at radius 2 is 2.09 bits per heavy atom. The number of aromatic nitrogens is 1. The minimum atomic E-state index is 0.651. The number of thiocarbonyl (C=S) groups is 1. The Kier molecular flexibility index (Phi) is 6.58. The van der Waals surface area contributed by atoms with Gasteiger partial charge < -0.3 is 15.5 Å². The molecule has 0 unspecified atom stereocenters. The van der Waals surface area contributed by atoms with E-state index in [0.29, 0.717) is 5.11 Å². The van der Waals surface area contributed by atoms with Crippen molar-refractivity contribution in [3.05, 3.63) is 23.9 Å². The summed E-state index contributed by atoms with van der Waals surface area (Å²) < 4.78 is 0. The maximum absolute atomic E-state index is 5.31. The number of piperidine rings is 1. The van der Waals surface area contributed by atoms with E-state index in [2.05, 4.69) is 34.4 Å². The third kappa shape index (κ3) is 5.89. The van der Waals surface area contributed by atoms with E-state index in [1.54, 1.807) is 6.20 Å². The van der Waals surface area contributed by atoms with Crippen LogP contribution in [0.4, 0.5) is 5.82 Å². The van der Waals surface area contributed by atoms with Crippen molar-refractivity contribution in [2.24, 2.45) is 11.8 Å². The molecule has 1 aliphatic heterocycles. The third-order valence-electron chi connectivity index (χ3n) is 4.04. The van der Waals surface area contributed by atoms with Crippen LogP contribution in [0.2, 0.25) is 0 Å². The number of likely N-dealkylation sites (tertiary alicyclic amines) is 1. The Hall–Kier alpha value is -1.20. The first-order valence-corrected chi connectivity index (χ1v) is 8.63. The highest BCUT2D eigenvalue weighted by Gasteiger charge is 2.20. The fraction of sp³-hybridized carbons (Fsp3) is 0.647. The van der Waals surface area contributed by atoms with Crippen molar-refractivity contribution in [1.82, 2.24) is 15.2 Å². The van der Waals surface area contributed by atoms with Gasteiger partial charge in [-0.3, -0.25) is 0 Å². The molecular formula is C17H28N4S. The highest BCUT2D eigenvalue weighted by atomic mass is 32.1. The van der Waals surface area contributed by atoms with Gasteiger partial charge in [0.1, 0.15) is 5.82 Å². The molecule has 2 N–H and O–H groups in total. The molecule has 0 saturated carbocycles. The van der Waals surface area contributed by atoms with E-state index in [4.69, 9.17) is 12.2 Å². The van der Waals surface area contributed by atoms with Crippen molar-refractivity contribution in [2.45, 2.75) is 33.6 Å². The van der Waals surface area contributed by atoms with Crippen LogP contribution >= 0.6 is 12.2 Å². The Balaban J connectivity index is 1.63. The molecule has 0 radical (unpaired) electrons. The molecule has 1 saturated heterocycles. The second kappa shape index (κ2) is 8.44. The smallest absolute Gasteiger partial charge is 0.171 e. The molecule has 4 nitrogen and oxygen atoms in total. The largest absolute Gasteiger partial charge is 0.362 e. The molecule has 0 aliphatic carbocycles. The number of hydrogen-bond acceptors (Lipinski definition) is 3. The lowest BCUT2D eigenvalue weighted by atomic mass is 9.92. The fourth-order valence-corrected chi connectivity index (χ4v) is 3.45. The fourth-order valence-electron chi connectivity index (χ4n) is 3.24. The van der Waals surface area contributed by atoms with E-state index >= 15 is 0 Å². The maximum Gasteiger partial charge on any atom is 0.171 e. The summed E-state index contributed by atoms with van der Waals surface area (Å²) in [6.07, 6.45) is 4.27.